The molecule has 0 saturated heterocycles. The Morgan fingerprint density at radius 2 is 0.767 bits per heavy atom. The van der Waals surface area contributed by atoms with E-state index < -0.39 is 7.05 Å². The van der Waals surface area contributed by atoms with Gasteiger partial charge < -0.3 is 0 Å². The van der Waals surface area contributed by atoms with Gasteiger partial charge in [0.2, 0.25) is 5.95 Å². The number of hydrogen-bond acceptors (Lipinski definition) is 3. The molecule has 1 aliphatic heterocycles. The van der Waals surface area contributed by atoms with E-state index in [9.17, 15) is 0 Å². The first-order valence-corrected chi connectivity index (χ1v) is 11.6. The molecule has 2 aliphatic rings. The number of hydrogen-bond donors (Lipinski definition) is 0. The molecule has 0 unspecified atom stereocenters. The second-order valence-corrected chi connectivity index (χ2v) is 9.97. The third-order valence-corrected chi connectivity index (χ3v) is 8.68. The molecule has 144 valence electrons. The van der Waals surface area contributed by atoms with E-state index in [4.69, 9.17) is 14.7 Å². The number of aromatic nitrogens is 2. The van der Waals surface area contributed by atoms with Gasteiger partial charge in [-0.15, -0.1) is 0 Å². The zero-order valence-corrected chi connectivity index (χ0v) is 17.2. The molecule has 0 saturated carbocycles. The number of rotatable bonds is 4. The normalized spacial score (nSPS) is 11.3. The van der Waals surface area contributed by atoms with Crippen molar-refractivity contribution >= 4 is 28.9 Å². The van der Waals surface area contributed by atoms with Gasteiger partial charge in [0.25, 0.3) is 0 Å². The van der Waals surface area contributed by atoms with Crippen molar-refractivity contribution in [2.45, 2.75) is 0 Å². The molecule has 1 heterocycles. The summed E-state index contributed by atoms with van der Waals surface area (Å²) in [5.41, 5.74) is 1.71. The summed E-state index contributed by atoms with van der Waals surface area (Å²) in [5.74, 6) is 0.529. The van der Waals surface area contributed by atoms with Crippen LogP contribution in [0.2, 0.25) is 0 Å². The fraction of sp³-hybridized carbons (Fsp3) is 0. The van der Waals surface area contributed by atoms with Crippen LogP contribution in [0.1, 0.15) is 0 Å². The van der Waals surface area contributed by atoms with Crippen molar-refractivity contribution in [3.8, 4) is 11.4 Å². The summed E-state index contributed by atoms with van der Waals surface area (Å²) in [6, 6.07) is 41.5. The van der Waals surface area contributed by atoms with Crippen LogP contribution < -0.4 is 15.9 Å². The van der Waals surface area contributed by atoms with Crippen LogP contribution in [0, 0.1) is 0 Å². The molecule has 30 heavy (non-hydrogen) atoms. The van der Waals surface area contributed by atoms with Crippen molar-refractivity contribution in [1.82, 2.24) is 9.97 Å². The molecule has 4 heteroatoms. The van der Waals surface area contributed by atoms with Gasteiger partial charge in [0, 0.05) is 15.9 Å². The number of nitrogens with zero attached hydrogens (tertiary/aromatic N) is 3. The first-order chi connectivity index (χ1) is 14.9. The number of fused-ring (bicyclic) bond motifs is 1. The molecule has 0 fully saturated rings. The predicted molar refractivity (Wildman–Crippen MR) is 126 cm³/mol. The molecule has 1 aliphatic carbocycles. The summed E-state index contributed by atoms with van der Waals surface area (Å²) in [6.07, 6.45) is 0. The lowest BCUT2D eigenvalue weighted by molar-refractivity contribution is 1.27. The summed E-state index contributed by atoms with van der Waals surface area (Å²) >= 11 is 0. The standard InChI is InChI=1S/C26H20N3P/c1-5-13-21(14-6-1)30(22-15-7-2-8-16-22,23-17-9-3-10-18-23)29-26-27-24-19-11-4-12-20-25(24)28-26/h1-20H. The quantitative estimate of drug-likeness (QED) is 0.376. The summed E-state index contributed by atoms with van der Waals surface area (Å²) in [7, 11) is -2.35. The van der Waals surface area contributed by atoms with Gasteiger partial charge in [0.05, 0.1) is 18.4 Å². The molecule has 0 radical (unpaired) electrons. The summed E-state index contributed by atoms with van der Waals surface area (Å²) < 4.78 is 5.35. The van der Waals surface area contributed by atoms with Gasteiger partial charge in [-0.3, -0.25) is 0 Å². The van der Waals surface area contributed by atoms with Gasteiger partial charge >= 0.3 is 0 Å². The van der Waals surface area contributed by atoms with Crippen molar-refractivity contribution in [1.29, 1.82) is 0 Å². The fourth-order valence-electron chi connectivity index (χ4n) is 3.69. The minimum atomic E-state index is -2.35. The van der Waals surface area contributed by atoms with E-state index in [1.165, 1.54) is 15.9 Å². The number of benzene rings is 3. The van der Waals surface area contributed by atoms with Crippen molar-refractivity contribution in [2.75, 3.05) is 0 Å². The molecule has 5 rings (SSSR count). The van der Waals surface area contributed by atoms with Crippen LogP contribution in [-0.2, 0) is 0 Å². The molecular formula is C26H20N3P. The smallest absolute Gasteiger partial charge is 0.217 e. The van der Waals surface area contributed by atoms with Gasteiger partial charge in [-0.05, 0) is 12.1 Å². The zero-order valence-electron chi connectivity index (χ0n) is 16.3. The first kappa shape index (κ1) is 18.5. The van der Waals surface area contributed by atoms with E-state index in [1.54, 1.807) is 0 Å². The monoisotopic (exact) mass is 405 g/mol. The maximum absolute atomic E-state index is 5.35. The Kier molecular flexibility index (Phi) is 4.96. The van der Waals surface area contributed by atoms with E-state index in [-0.39, 0.29) is 0 Å². The summed E-state index contributed by atoms with van der Waals surface area (Å²) in [4.78, 5) is 9.53. The van der Waals surface area contributed by atoms with Crippen LogP contribution in [0.4, 0.5) is 5.95 Å². The van der Waals surface area contributed by atoms with Crippen molar-refractivity contribution in [3.05, 3.63) is 121 Å². The van der Waals surface area contributed by atoms with Gasteiger partial charge in [-0.25, -0.2) is 14.7 Å². The molecule has 0 bridgehead atoms. The fourth-order valence-corrected chi connectivity index (χ4v) is 7.10. The van der Waals surface area contributed by atoms with Crippen LogP contribution in [0.15, 0.2) is 126 Å². The molecule has 0 aromatic heterocycles. The second-order valence-electron chi connectivity index (χ2n) is 6.95. The Bertz CT molecular complexity index is 1150. The maximum Gasteiger partial charge on any atom is 0.250 e. The highest BCUT2D eigenvalue weighted by Crippen LogP contribution is 2.48. The number of imidazole rings is 1. The highest BCUT2D eigenvalue weighted by atomic mass is 31.2. The Balaban J connectivity index is 1.88. The van der Waals surface area contributed by atoms with Crippen LogP contribution in [0.5, 0.6) is 0 Å². The molecule has 0 atom stereocenters. The molecule has 3 nitrogen and oxygen atoms in total. The second kappa shape index (κ2) is 8.06. The Labute approximate surface area is 176 Å². The Hall–Kier alpha value is -3.55. The molecule has 0 spiro atoms. The minimum Gasteiger partial charge on any atom is -0.217 e. The SMILES string of the molecule is c1ccc(P(=Nc2nc3cccccc-3n2)(c2ccccc2)c2ccccc2)cc1. The molecule has 0 N–H and O–H groups in total. The largest absolute Gasteiger partial charge is 0.250 e. The maximum atomic E-state index is 5.35. The van der Waals surface area contributed by atoms with E-state index in [0.717, 1.165) is 11.4 Å². The average Bonchev–Trinajstić information content (AvgIpc) is 3.07. The highest BCUT2D eigenvalue weighted by molar-refractivity contribution is 7.87. The Morgan fingerprint density at radius 3 is 1.13 bits per heavy atom. The molecule has 0 amide bonds. The van der Waals surface area contributed by atoms with Crippen molar-refractivity contribution in [2.24, 2.45) is 4.74 Å². The lowest BCUT2D eigenvalue weighted by Gasteiger charge is -2.26. The Morgan fingerprint density at radius 1 is 0.433 bits per heavy atom. The summed E-state index contributed by atoms with van der Waals surface area (Å²) in [6.45, 7) is 0. The van der Waals surface area contributed by atoms with Gasteiger partial charge in [0.1, 0.15) is 0 Å². The van der Waals surface area contributed by atoms with Gasteiger partial charge in [-0.1, -0.05) is 109 Å². The molecule has 3 aromatic carbocycles. The van der Waals surface area contributed by atoms with E-state index in [0.29, 0.717) is 5.95 Å². The highest BCUT2D eigenvalue weighted by Gasteiger charge is 2.28. The van der Waals surface area contributed by atoms with Crippen LogP contribution >= 0.6 is 7.05 Å². The first-order valence-electron chi connectivity index (χ1n) is 9.88. The third-order valence-electron chi connectivity index (χ3n) is 5.06. The lowest BCUT2D eigenvalue weighted by Crippen LogP contribution is -2.25. The van der Waals surface area contributed by atoms with Crippen LogP contribution in [0.25, 0.3) is 11.4 Å². The van der Waals surface area contributed by atoms with Crippen molar-refractivity contribution < 1.29 is 0 Å². The predicted octanol–water partition coefficient (Wildman–Crippen LogP) is 5.39. The lowest BCUT2D eigenvalue weighted by atomic mass is 10.3. The average molecular weight is 405 g/mol. The van der Waals surface area contributed by atoms with E-state index in [2.05, 4.69) is 72.8 Å². The van der Waals surface area contributed by atoms with E-state index in [1.807, 2.05) is 48.5 Å². The van der Waals surface area contributed by atoms with E-state index >= 15 is 0 Å². The third kappa shape index (κ3) is 3.34. The van der Waals surface area contributed by atoms with Crippen molar-refractivity contribution in [3.63, 3.8) is 0 Å². The summed E-state index contributed by atoms with van der Waals surface area (Å²) in [5, 5.41) is 3.55. The molecule has 3 aromatic rings. The molecular weight excluding hydrogens is 385 g/mol. The van der Waals surface area contributed by atoms with Crippen LogP contribution in [-0.4, -0.2) is 9.97 Å². The van der Waals surface area contributed by atoms with Crippen LogP contribution in [0.3, 0.4) is 0 Å². The topological polar surface area (TPSA) is 38.1 Å². The van der Waals surface area contributed by atoms with Gasteiger partial charge in [0.15, 0.2) is 0 Å². The van der Waals surface area contributed by atoms with Gasteiger partial charge in [-0.2, -0.15) is 0 Å². The minimum absolute atomic E-state index is 0.529. The zero-order chi connectivity index (χ0) is 20.2.